The average Bonchev–Trinajstić information content (AvgIpc) is 2.51. The molecule has 0 saturated heterocycles. The predicted molar refractivity (Wildman–Crippen MR) is 42.6 cm³/mol. The fraction of sp³-hybridized carbons (Fsp3) is 0.143. The highest BCUT2D eigenvalue weighted by Gasteiger charge is 2.11. The van der Waals surface area contributed by atoms with Gasteiger partial charge in [0, 0.05) is 5.38 Å². The molecule has 0 bridgehead atoms. The molecule has 0 aromatic carbocycles. The Hall–Kier alpha value is -1.36. The van der Waals surface area contributed by atoms with Gasteiger partial charge in [0.25, 0.3) is 0 Å². The number of carbonyl (C=O) groups excluding carboxylic acids is 1. The first-order valence-electron chi connectivity index (χ1n) is 3.05. The van der Waals surface area contributed by atoms with Gasteiger partial charge in [0.05, 0.1) is 12.7 Å². The Labute approximate surface area is 72.4 Å². The van der Waals surface area contributed by atoms with E-state index in [2.05, 4.69) is 4.74 Å². The van der Waals surface area contributed by atoms with Crippen molar-refractivity contribution in [1.29, 1.82) is 0 Å². The van der Waals surface area contributed by atoms with E-state index in [0.717, 1.165) is 11.3 Å². The van der Waals surface area contributed by atoms with Gasteiger partial charge >= 0.3 is 11.9 Å². The molecule has 0 radical (unpaired) electrons. The van der Waals surface area contributed by atoms with Crippen LogP contribution in [0.25, 0.3) is 0 Å². The van der Waals surface area contributed by atoms with E-state index in [4.69, 9.17) is 5.11 Å². The van der Waals surface area contributed by atoms with E-state index in [0.29, 0.717) is 4.88 Å². The second kappa shape index (κ2) is 3.36. The van der Waals surface area contributed by atoms with E-state index < -0.39 is 11.9 Å². The van der Waals surface area contributed by atoms with Crippen molar-refractivity contribution in [2.75, 3.05) is 7.11 Å². The van der Waals surface area contributed by atoms with Crippen molar-refractivity contribution in [1.82, 2.24) is 0 Å². The Kier molecular flexibility index (Phi) is 2.44. The summed E-state index contributed by atoms with van der Waals surface area (Å²) >= 11 is 1.06. The summed E-state index contributed by atoms with van der Waals surface area (Å²) in [6, 6.07) is 1.29. The SMILES string of the molecule is COC(=O)c1cc(C(=O)O)cs1. The molecule has 1 aromatic heterocycles. The van der Waals surface area contributed by atoms with Crippen LogP contribution >= 0.6 is 11.3 Å². The number of thiophene rings is 1. The van der Waals surface area contributed by atoms with Crippen LogP contribution in [0, 0.1) is 0 Å². The van der Waals surface area contributed by atoms with Gasteiger partial charge in [-0.05, 0) is 6.07 Å². The van der Waals surface area contributed by atoms with Crippen molar-refractivity contribution in [2.24, 2.45) is 0 Å². The zero-order valence-electron chi connectivity index (χ0n) is 6.23. The van der Waals surface area contributed by atoms with Crippen LogP contribution in [0.4, 0.5) is 0 Å². The van der Waals surface area contributed by atoms with Gasteiger partial charge in [-0.15, -0.1) is 11.3 Å². The molecule has 5 heteroatoms. The van der Waals surface area contributed by atoms with E-state index in [1.807, 2.05) is 0 Å². The predicted octanol–water partition coefficient (Wildman–Crippen LogP) is 1.23. The summed E-state index contributed by atoms with van der Waals surface area (Å²) in [5, 5.41) is 9.90. The van der Waals surface area contributed by atoms with E-state index in [9.17, 15) is 9.59 Å². The van der Waals surface area contributed by atoms with Gasteiger partial charge in [0.2, 0.25) is 0 Å². The maximum Gasteiger partial charge on any atom is 0.348 e. The van der Waals surface area contributed by atoms with Gasteiger partial charge in [-0.1, -0.05) is 0 Å². The van der Waals surface area contributed by atoms with Crippen LogP contribution in [0.1, 0.15) is 20.0 Å². The second-order valence-electron chi connectivity index (χ2n) is 2.00. The maximum absolute atomic E-state index is 10.8. The summed E-state index contributed by atoms with van der Waals surface area (Å²) in [5.41, 5.74) is 0.111. The quantitative estimate of drug-likeness (QED) is 0.705. The fourth-order valence-electron chi connectivity index (χ4n) is 0.656. The van der Waals surface area contributed by atoms with Gasteiger partial charge in [-0.2, -0.15) is 0 Å². The van der Waals surface area contributed by atoms with Crippen molar-refractivity contribution < 1.29 is 19.4 Å². The van der Waals surface area contributed by atoms with Crippen molar-refractivity contribution in [2.45, 2.75) is 0 Å². The number of esters is 1. The number of ether oxygens (including phenoxy) is 1. The van der Waals surface area contributed by atoms with E-state index in [1.54, 1.807) is 0 Å². The molecule has 0 amide bonds. The number of rotatable bonds is 2. The summed E-state index contributed by atoms with van der Waals surface area (Å²) in [6.07, 6.45) is 0. The Bertz CT molecular complexity index is 315. The Morgan fingerprint density at radius 1 is 1.58 bits per heavy atom. The first-order valence-corrected chi connectivity index (χ1v) is 3.93. The van der Waals surface area contributed by atoms with Crippen LogP contribution < -0.4 is 0 Å². The van der Waals surface area contributed by atoms with Gasteiger partial charge in [-0.25, -0.2) is 9.59 Å². The number of carboxylic acid groups (broad SMARTS) is 1. The lowest BCUT2D eigenvalue weighted by molar-refractivity contribution is 0.0606. The second-order valence-corrected chi connectivity index (χ2v) is 2.91. The molecule has 1 aromatic rings. The summed E-state index contributed by atoms with van der Waals surface area (Å²) < 4.78 is 4.41. The molecule has 0 spiro atoms. The van der Waals surface area contributed by atoms with Gasteiger partial charge < -0.3 is 9.84 Å². The molecular weight excluding hydrogens is 180 g/mol. The van der Waals surface area contributed by atoms with Gasteiger partial charge in [0.15, 0.2) is 0 Å². The fourth-order valence-corrected chi connectivity index (χ4v) is 1.45. The van der Waals surface area contributed by atoms with Crippen molar-refractivity contribution in [3.05, 3.63) is 21.9 Å². The molecule has 0 atom stereocenters. The van der Waals surface area contributed by atoms with Crippen LogP contribution in [-0.2, 0) is 4.74 Å². The lowest BCUT2D eigenvalue weighted by atomic mass is 10.3. The normalized spacial score (nSPS) is 9.42. The third-order valence-corrected chi connectivity index (χ3v) is 2.14. The van der Waals surface area contributed by atoms with Crippen molar-refractivity contribution in [3.8, 4) is 0 Å². The molecule has 0 aliphatic rings. The largest absolute Gasteiger partial charge is 0.478 e. The molecule has 0 aliphatic heterocycles. The molecule has 1 N–H and O–H groups in total. The summed E-state index contributed by atoms with van der Waals surface area (Å²) in [5.74, 6) is -1.55. The number of carbonyl (C=O) groups is 2. The third-order valence-electron chi connectivity index (χ3n) is 1.23. The van der Waals surface area contributed by atoms with Crippen LogP contribution in [0.5, 0.6) is 0 Å². The van der Waals surface area contributed by atoms with Crippen LogP contribution in [0.2, 0.25) is 0 Å². The van der Waals surface area contributed by atoms with Gasteiger partial charge in [-0.3, -0.25) is 0 Å². The average molecular weight is 186 g/mol. The highest BCUT2D eigenvalue weighted by molar-refractivity contribution is 7.12. The molecule has 0 unspecified atom stereocenters. The number of carboxylic acids is 1. The number of hydrogen-bond donors (Lipinski definition) is 1. The lowest BCUT2D eigenvalue weighted by Crippen LogP contribution is -1.98. The topological polar surface area (TPSA) is 63.6 Å². The van der Waals surface area contributed by atoms with Crippen molar-refractivity contribution >= 4 is 23.3 Å². The minimum absolute atomic E-state index is 0.111. The molecule has 12 heavy (non-hydrogen) atoms. The highest BCUT2D eigenvalue weighted by Crippen LogP contribution is 2.15. The van der Waals surface area contributed by atoms with Gasteiger partial charge in [0.1, 0.15) is 4.88 Å². The standard InChI is InChI=1S/C7H6O4S/c1-11-7(10)5-2-4(3-12-5)6(8)9/h2-3H,1H3,(H,8,9). The molecule has 1 rings (SSSR count). The summed E-state index contributed by atoms with van der Waals surface area (Å²) in [6.45, 7) is 0. The highest BCUT2D eigenvalue weighted by atomic mass is 32.1. The zero-order valence-corrected chi connectivity index (χ0v) is 7.05. The number of methoxy groups -OCH3 is 1. The van der Waals surface area contributed by atoms with Crippen LogP contribution in [0.15, 0.2) is 11.4 Å². The Balaban J connectivity index is 2.91. The van der Waals surface area contributed by atoms with E-state index in [-0.39, 0.29) is 5.56 Å². The molecule has 64 valence electrons. The monoisotopic (exact) mass is 186 g/mol. The molecule has 0 aliphatic carbocycles. The molecule has 0 saturated carbocycles. The molecule has 1 heterocycles. The van der Waals surface area contributed by atoms with E-state index in [1.165, 1.54) is 18.6 Å². The van der Waals surface area contributed by atoms with Crippen LogP contribution in [0.3, 0.4) is 0 Å². The molecular formula is C7H6O4S. The zero-order chi connectivity index (χ0) is 9.14. The smallest absolute Gasteiger partial charge is 0.348 e. The number of hydrogen-bond acceptors (Lipinski definition) is 4. The Morgan fingerprint density at radius 3 is 2.67 bits per heavy atom. The minimum atomic E-state index is -1.04. The lowest BCUT2D eigenvalue weighted by Gasteiger charge is -1.90. The first kappa shape index (κ1) is 8.73. The van der Waals surface area contributed by atoms with Crippen LogP contribution in [-0.4, -0.2) is 24.2 Å². The van der Waals surface area contributed by atoms with E-state index >= 15 is 0 Å². The third kappa shape index (κ3) is 1.62. The summed E-state index contributed by atoms with van der Waals surface area (Å²) in [4.78, 5) is 21.5. The minimum Gasteiger partial charge on any atom is -0.478 e. The Morgan fingerprint density at radius 2 is 2.25 bits per heavy atom. The molecule has 0 fully saturated rings. The first-order chi connectivity index (χ1) is 5.65. The van der Waals surface area contributed by atoms with Crippen molar-refractivity contribution in [3.63, 3.8) is 0 Å². The summed E-state index contributed by atoms with van der Waals surface area (Å²) in [7, 11) is 1.25. The number of aromatic carboxylic acids is 1. The maximum atomic E-state index is 10.8. The molecule has 4 nitrogen and oxygen atoms in total.